The summed E-state index contributed by atoms with van der Waals surface area (Å²) in [7, 11) is -2.07. The number of hydrogen-bond acceptors (Lipinski definition) is 4. The van der Waals surface area contributed by atoms with Crippen molar-refractivity contribution in [3.05, 3.63) is 50.6 Å². The summed E-state index contributed by atoms with van der Waals surface area (Å²) in [6, 6.07) is 9.69. The smallest absolute Gasteiger partial charge is 0.241 e. The van der Waals surface area contributed by atoms with Gasteiger partial charge in [-0.25, -0.2) is 8.42 Å². The van der Waals surface area contributed by atoms with Gasteiger partial charge >= 0.3 is 0 Å². The van der Waals surface area contributed by atoms with Gasteiger partial charge in [0.2, 0.25) is 15.9 Å². The molecule has 5 nitrogen and oxygen atoms in total. The maximum atomic E-state index is 12.9. The van der Waals surface area contributed by atoms with E-state index in [1.54, 1.807) is 47.5 Å². The van der Waals surface area contributed by atoms with E-state index in [0.717, 1.165) is 14.2 Å². The molecule has 1 N–H and O–H groups in total. The van der Waals surface area contributed by atoms with Crippen molar-refractivity contribution in [3.8, 4) is 0 Å². The standard InChI is InChI=1S/C19H25BrN2O3S2/c1-13(2)11-17(19(23)22(4)12-15-7-10-18(20)26-15)21-27(24,25)16-8-5-14(3)6-9-16/h5-10,13,17,21H,11-12H2,1-4H3. The van der Waals surface area contributed by atoms with Gasteiger partial charge in [0.1, 0.15) is 6.04 Å². The Hall–Kier alpha value is -1.22. The fraction of sp³-hybridized carbons (Fsp3) is 0.421. The number of sulfonamides is 1. The van der Waals surface area contributed by atoms with E-state index in [4.69, 9.17) is 0 Å². The van der Waals surface area contributed by atoms with Gasteiger partial charge in [0.05, 0.1) is 15.2 Å². The molecular weight excluding hydrogens is 448 g/mol. The number of nitrogens with zero attached hydrogens (tertiary/aromatic N) is 1. The first kappa shape index (κ1) is 22.1. The van der Waals surface area contributed by atoms with Crippen LogP contribution in [0.25, 0.3) is 0 Å². The second-order valence-corrected chi connectivity index (χ2v) is 11.3. The van der Waals surface area contributed by atoms with Crippen LogP contribution in [0.1, 0.15) is 30.7 Å². The first-order chi connectivity index (χ1) is 12.6. The van der Waals surface area contributed by atoms with Gasteiger partial charge in [-0.05, 0) is 59.5 Å². The van der Waals surface area contributed by atoms with Gasteiger partial charge in [0.25, 0.3) is 0 Å². The fourth-order valence-corrected chi connectivity index (χ4v) is 5.40. The first-order valence-electron chi connectivity index (χ1n) is 8.66. The van der Waals surface area contributed by atoms with Crippen molar-refractivity contribution in [3.63, 3.8) is 0 Å². The molecule has 0 spiro atoms. The number of nitrogens with one attached hydrogen (secondary N) is 1. The highest BCUT2D eigenvalue weighted by atomic mass is 79.9. The molecule has 0 saturated heterocycles. The molecule has 1 unspecified atom stereocenters. The molecule has 1 aromatic heterocycles. The van der Waals surface area contributed by atoms with E-state index >= 15 is 0 Å². The topological polar surface area (TPSA) is 66.5 Å². The van der Waals surface area contributed by atoms with Crippen LogP contribution in [0.2, 0.25) is 0 Å². The molecule has 148 valence electrons. The SMILES string of the molecule is Cc1ccc(S(=O)(=O)NC(CC(C)C)C(=O)N(C)Cc2ccc(Br)s2)cc1. The second-order valence-electron chi connectivity index (χ2n) is 7.02. The fourth-order valence-electron chi connectivity index (χ4n) is 2.66. The molecule has 0 aliphatic rings. The van der Waals surface area contributed by atoms with Gasteiger partial charge < -0.3 is 4.90 Å². The van der Waals surface area contributed by atoms with Crippen LogP contribution in [0, 0.1) is 12.8 Å². The summed E-state index contributed by atoms with van der Waals surface area (Å²) in [6.45, 7) is 6.27. The number of carbonyl (C=O) groups excluding carboxylic acids is 1. The van der Waals surface area contributed by atoms with Gasteiger partial charge in [0.15, 0.2) is 0 Å². The molecule has 1 atom stereocenters. The lowest BCUT2D eigenvalue weighted by atomic mass is 10.0. The van der Waals surface area contributed by atoms with Crippen LogP contribution < -0.4 is 4.72 Å². The van der Waals surface area contributed by atoms with Crippen molar-refractivity contribution in [1.82, 2.24) is 9.62 Å². The van der Waals surface area contributed by atoms with Crippen molar-refractivity contribution >= 4 is 43.2 Å². The zero-order valence-corrected chi connectivity index (χ0v) is 19.1. The summed E-state index contributed by atoms with van der Waals surface area (Å²) in [5, 5.41) is 0. The Morgan fingerprint density at radius 3 is 2.33 bits per heavy atom. The highest BCUT2D eigenvalue weighted by Gasteiger charge is 2.28. The zero-order chi connectivity index (χ0) is 20.2. The molecule has 0 bridgehead atoms. The van der Waals surface area contributed by atoms with Gasteiger partial charge in [-0.2, -0.15) is 4.72 Å². The maximum Gasteiger partial charge on any atom is 0.241 e. The molecule has 1 heterocycles. The second kappa shape index (κ2) is 9.32. The van der Waals surface area contributed by atoms with E-state index in [1.165, 1.54) is 0 Å². The molecule has 2 rings (SSSR count). The van der Waals surface area contributed by atoms with E-state index in [9.17, 15) is 13.2 Å². The molecule has 0 aliphatic heterocycles. The number of benzene rings is 1. The minimum atomic E-state index is -3.77. The van der Waals surface area contributed by atoms with E-state index in [2.05, 4.69) is 20.7 Å². The molecule has 0 radical (unpaired) electrons. The molecular formula is C19H25BrN2O3S2. The van der Waals surface area contributed by atoms with Crippen molar-refractivity contribution in [1.29, 1.82) is 0 Å². The van der Waals surface area contributed by atoms with E-state index < -0.39 is 16.1 Å². The van der Waals surface area contributed by atoms with Crippen LogP contribution in [-0.4, -0.2) is 32.3 Å². The number of rotatable bonds is 8. The number of aryl methyl sites for hydroxylation is 1. The Morgan fingerprint density at radius 2 is 1.81 bits per heavy atom. The monoisotopic (exact) mass is 472 g/mol. The van der Waals surface area contributed by atoms with Crippen LogP contribution in [0.15, 0.2) is 45.1 Å². The average Bonchev–Trinajstić information content (AvgIpc) is 2.98. The van der Waals surface area contributed by atoms with Crippen LogP contribution in [-0.2, 0) is 21.4 Å². The van der Waals surface area contributed by atoms with E-state index in [-0.39, 0.29) is 16.7 Å². The number of likely N-dealkylation sites (N-methyl/N-ethyl adjacent to an activating group) is 1. The number of amides is 1. The van der Waals surface area contributed by atoms with Crippen LogP contribution >= 0.6 is 27.3 Å². The Morgan fingerprint density at radius 1 is 1.19 bits per heavy atom. The quantitative estimate of drug-likeness (QED) is 0.626. The third kappa shape index (κ3) is 6.41. The molecule has 0 fully saturated rings. The number of carbonyl (C=O) groups is 1. The van der Waals surface area contributed by atoms with Gasteiger partial charge in [-0.3, -0.25) is 4.79 Å². The first-order valence-corrected chi connectivity index (χ1v) is 11.8. The Labute approximate surface area is 174 Å². The lowest BCUT2D eigenvalue weighted by Crippen LogP contribution is -2.47. The van der Waals surface area contributed by atoms with E-state index in [1.807, 2.05) is 32.9 Å². The number of halogens is 1. The predicted molar refractivity (Wildman–Crippen MR) is 113 cm³/mol. The summed E-state index contributed by atoms with van der Waals surface area (Å²) in [4.78, 5) is 15.7. The Balaban J connectivity index is 2.17. The van der Waals surface area contributed by atoms with Crippen LogP contribution in [0.3, 0.4) is 0 Å². The van der Waals surface area contributed by atoms with Crippen LogP contribution in [0.5, 0.6) is 0 Å². The van der Waals surface area contributed by atoms with Crippen LogP contribution in [0.4, 0.5) is 0 Å². The Kier molecular flexibility index (Phi) is 7.62. The van der Waals surface area contributed by atoms with Crippen molar-refractivity contribution in [2.24, 2.45) is 5.92 Å². The lowest BCUT2D eigenvalue weighted by Gasteiger charge is -2.25. The predicted octanol–water partition coefficient (Wildman–Crippen LogP) is 4.17. The highest BCUT2D eigenvalue weighted by Crippen LogP contribution is 2.23. The van der Waals surface area contributed by atoms with Gasteiger partial charge in [0, 0.05) is 11.9 Å². The summed E-state index contributed by atoms with van der Waals surface area (Å²) < 4.78 is 29.1. The average molecular weight is 473 g/mol. The third-order valence-electron chi connectivity index (χ3n) is 4.03. The summed E-state index contributed by atoms with van der Waals surface area (Å²) in [5.41, 5.74) is 0.977. The molecule has 1 aromatic carbocycles. The van der Waals surface area contributed by atoms with Gasteiger partial charge in [-0.1, -0.05) is 31.5 Å². The molecule has 8 heteroatoms. The van der Waals surface area contributed by atoms with Gasteiger partial charge in [-0.15, -0.1) is 11.3 Å². The summed E-state index contributed by atoms with van der Waals surface area (Å²) in [5.74, 6) is -0.0622. The van der Waals surface area contributed by atoms with Crippen molar-refractivity contribution in [2.45, 2.75) is 44.7 Å². The minimum Gasteiger partial charge on any atom is -0.339 e. The van der Waals surface area contributed by atoms with Crippen molar-refractivity contribution < 1.29 is 13.2 Å². The largest absolute Gasteiger partial charge is 0.339 e. The molecule has 2 aromatic rings. The summed E-state index contributed by atoms with van der Waals surface area (Å²) in [6.07, 6.45) is 0.433. The third-order valence-corrected chi connectivity index (χ3v) is 7.13. The normalized spacial score (nSPS) is 13.0. The Bertz CT molecular complexity index is 877. The van der Waals surface area contributed by atoms with E-state index in [0.29, 0.717) is 13.0 Å². The number of hydrogen-bond donors (Lipinski definition) is 1. The lowest BCUT2D eigenvalue weighted by molar-refractivity contribution is -0.132. The number of thiophene rings is 1. The molecule has 1 amide bonds. The highest BCUT2D eigenvalue weighted by molar-refractivity contribution is 9.11. The summed E-state index contributed by atoms with van der Waals surface area (Å²) >= 11 is 4.97. The molecule has 0 aliphatic carbocycles. The zero-order valence-electron chi connectivity index (χ0n) is 15.9. The minimum absolute atomic E-state index is 0.166. The molecule has 27 heavy (non-hydrogen) atoms. The molecule has 0 saturated carbocycles. The van der Waals surface area contributed by atoms with Crippen molar-refractivity contribution in [2.75, 3.05) is 7.05 Å². The maximum absolute atomic E-state index is 12.9.